The van der Waals surface area contributed by atoms with Gasteiger partial charge >= 0.3 is 0 Å². The first-order valence-electron chi connectivity index (χ1n) is 3.50. The van der Waals surface area contributed by atoms with Gasteiger partial charge in [0, 0.05) is 17.8 Å². The van der Waals surface area contributed by atoms with Gasteiger partial charge in [-0.1, -0.05) is 0 Å². The van der Waals surface area contributed by atoms with Crippen molar-refractivity contribution < 1.29 is 0 Å². The SMILES string of the molecule is Nc1ccnc(Sc2nccs2)n1. The molecule has 2 N–H and O–H groups in total. The van der Waals surface area contributed by atoms with Crippen LogP contribution >= 0.6 is 23.1 Å². The molecule has 0 unspecified atom stereocenters. The highest BCUT2D eigenvalue weighted by Crippen LogP contribution is 2.25. The van der Waals surface area contributed by atoms with Crippen LogP contribution in [0.3, 0.4) is 0 Å². The Bertz CT molecular complexity index is 387. The number of aromatic nitrogens is 3. The van der Waals surface area contributed by atoms with Crippen molar-refractivity contribution in [3.8, 4) is 0 Å². The first-order chi connectivity index (χ1) is 6.34. The highest BCUT2D eigenvalue weighted by atomic mass is 32.2. The molecule has 0 aliphatic carbocycles. The van der Waals surface area contributed by atoms with Gasteiger partial charge in [-0.25, -0.2) is 15.0 Å². The maximum Gasteiger partial charge on any atom is 0.196 e. The quantitative estimate of drug-likeness (QED) is 0.764. The predicted octanol–water partition coefficient (Wildman–Crippen LogP) is 1.67. The fraction of sp³-hybridized carbons (Fsp3) is 0. The molecule has 2 aromatic heterocycles. The summed E-state index contributed by atoms with van der Waals surface area (Å²) in [6.07, 6.45) is 3.39. The van der Waals surface area contributed by atoms with E-state index in [4.69, 9.17) is 5.73 Å². The summed E-state index contributed by atoms with van der Waals surface area (Å²) >= 11 is 2.97. The Morgan fingerprint density at radius 3 is 2.92 bits per heavy atom. The van der Waals surface area contributed by atoms with Crippen LogP contribution in [0.5, 0.6) is 0 Å². The number of nitrogens with two attached hydrogens (primary N) is 1. The van der Waals surface area contributed by atoms with Crippen LogP contribution in [0, 0.1) is 0 Å². The molecule has 0 saturated heterocycles. The van der Waals surface area contributed by atoms with Crippen LogP contribution in [0.25, 0.3) is 0 Å². The van der Waals surface area contributed by atoms with Gasteiger partial charge in [-0.05, 0) is 17.8 Å². The molecule has 0 spiro atoms. The largest absolute Gasteiger partial charge is 0.384 e. The predicted molar refractivity (Wildman–Crippen MR) is 52.7 cm³/mol. The van der Waals surface area contributed by atoms with Gasteiger partial charge in [0.05, 0.1) is 0 Å². The van der Waals surface area contributed by atoms with Crippen molar-refractivity contribution in [3.63, 3.8) is 0 Å². The molecule has 0 atom stereocenters. The molecule has 2 rings (SSSR count). The number of anilines is 1. The van der Waals surface area contributed by atoms with E-state index in [0.29, 0.717) is 11.0 Å². The van der Waals surface area contributed by atoms with Crippen molar-refractivity contribution in [1.82, 2.24) is 15.0 Å². The Labute approximate surface area is 83.3 Å². The average molecular weight is 210 g/mol. The maximum absolute atomic E-state index is 5.51. The fourth-order valence-corrected chi connectivity index (χ4v) is 2.22. The molecule has 13 heavy (non-hydrogen) atoms. The zero-order valence-electron chi connectivity index (χ0n) is 6.54. The summed E-state index contributed by atoms with van der Waals surface area (Å²) in [4.78, 5) is 12.2. The van der Waals surface area contributed by atoms with Gasteiger partial charge in [0.25, 0.3) is 0 Å². The van der Waals surface area contributed by atoms with Crippen molar-refractivity contribution in [1.29, 1.82) is 0 Å². The van der Waals surface area contributed by atoms with Crippen molar-refractivity contribution in [2.45, 2.75) is 9.50 Å². The van der Waals surface area contributed by atoms with E-state index in [-0.39, 0.29) is 0 Å². The van der Waals surface area contributed by atoms with E-state index in [1.807, 2.05) is 5.38 Å². The molecule has 0 radical (unpaired) electrons. The molecule has 0 fully saturated rings. The average Bonchev–Trinajstić information content (AvgIpc) is 2.57. The second kappa shape index (κ2) is 3.71. The van der Waals surface area contributed by atoms with Gasteiger partial charge in [0.1, 0.15) is 5.82 Å². The molecule has 0 bridgehead atoms. The summed E-state index contributed by atoms with van der Waals surface area (Å²) in [6.45, 7) is 0. The number of nitrogens with zero attached hydrogens (tertiary/aromatic N) is 3. The molecular weight excluding hydrogens is 204 g/mol. The van der Waals surface area contributed by atoms with Crippen LogP contribution in [-0.4, -0.2) is 15.0 Å². The van der Waals surface area contributed by atoms with Crippen LogP contribution in [0.2, 0.25) is 0 Å². The van der Waals surface area contributed by atoms with Gasteiger partial charge in [-0.2, -0.15) is 0 Å². The van der Waals surface area contributed by atoms with E-state index in [2.05, 4.69) is 15.0 Å². The first kappa shape index (κ1) is 8.46. The van der Waals surface area contributed by atoms with Gasteiger partial charge < -0.3 is 5.73 Å². The number of hydrogen-bond donors (Lipinski definition) is 1. The van der Waals surface area contributed by atoms with Gasteiger partial charge in [0.2, 0.25) is 0 Å². The zero-order valence-corrected chi connectivity index (χ0v) is 8.18. The van der Waals surface area contributed by atoms with E-state index < -0.39 is 0 Å². The summed E-state index contributed by atoms with van der Waals surface area (Å²) in [6, 6.07) is 1.66. The van der Waals surface area contributed by atoms with Crippen molar-refractivity contribution in [2.24, 2.45) is 0 Å². The minimum Gasteiger partial charge on any atom is -0.384 e. The minimum absolute atomic E-state index is 0.481. The highest BCUT2D eigenvalue weighted by molar-refractivity contribution is 8.00. The topological polar surface area (TPSA) is 64.7 Å². The lowest BCUT2D eigenvalue weighted by molar-refractivity contribution is 0.974. The Morgan fingerprint density at radius 2 is 2.23 bits per heavy atom. The lowest BCUT2D eigenvalue weighted by Crippen LogP contribution is -1.92. The number of rotatable bonds is 2. The Hall–Kier alpha value is -1.14. The lowest BCUT2D eigenvalue weighted by Gasteiger charge is -1.95. The first-order valence-corrected chi connectivity index (χ1v) is 5.20. The van der Waals surface area contributed by atoms with E-state index in [1.165, 1.54) is 11.8 Å². The van der Waals surface area contributed by atoms with Crippen LogP contribution < -0.4 is 5.73 Å². The zero-order chi connectivity index (χ0) is 9.10. The van der Waals surface area contributed by atoms with Crippen molar-refractivity contribution in [2.75, 3.05) is 5.73 Å². The second-order valence-corrected chi connectivity index (χ2v) is 4.27. The second-order valence-electron chi connectivity index (χ2n) is 2.16. The summed E-state index contributed by atoms with van der Waals surface area (Å²) in [5, 5.41) is 2.55. The Kier molecular flexibility index (Phi) is 2.42. The molecule has 66 valence electrons. The molecule has 2 heterocycles. The highest BCUT2D eigenvalue weighted by Gasteiger charge is 2.01. The smallest absolute Gasteiger partial charge is 0.196 e. The molecule has 0 saturated carbocycles. The monoisotopic (exact) mass is 210 g/mol. The van der Waals surface area contributed by atoms with E-state index in [9.17, 15) is 0 Å². The van der Waals surface area contributed by atoms with E-state index >= 15 is 0 Å². The summed E-state index contributed by atoms with van der Waals surface area (Å²) in [5.74, 6) is 0.481. The molecule has 0 aromatic carbocycles. The molecule has 0 aliphatic rings. The minimum atomic E-state index is 0.481. The van der Waals surface area contributed by atoms with E-state index in [1.54, 1.807) is 29.8 Å². The maximum atomic E-state index is 5.51. The molecular formula is C7H6N4S2. The number of hydrogen-bond acceptors (Lipinski definition) is 6. The Morgan fingerprint density at radius 1 is 1.31 bits per heavy atom. The van der Waals surface area contributed by atoms with Gasteiger partial charge in [-0.15, -0.1) is 11.3 Å². The molecule has 6 heteroatoms. The van der Waals surface area contributed by atoms with Crippen LogP contribution in [0.15, 0.2) is 33.3 Å². The van der Waals surface area contributed by atoms with Crippen molar-refractivity contribution in [3.05, 3.63) is 23.8 Å². The van der Waals surface area contributed by atoms with Gasteiger partial charge in [-0.3, -0.25) is 0 Å². The third-order valence-electron chi connectivity index (χ3n) is 1.24. The van der Waals surface area contributed by atoms with Crippen molar-refractivity contribution >= 4 is 28.9 Å². The molecule has 0 aliphatic heterocycles. The number of thiazole rings is 1. The molecule has 0 amide bonds. The van der Waals surface area contributed by atoms with E-state index in [0.717, 1.165) is 4.34 Å². The lowest BCUT2D eigenvalue weighted by atomic mass is 10.6. The normalized spacial score (nSPS) is 10.2. The van der Waals surface area contributed by atoms with Crippen LogP contribution in [0.4, 0.5) is 5.82 Å². The number of nitrogen functional groups attached to an aromatic ring is 1. The molecule has 4 nitrogen and oxygen atoms in total. The van der Waals surface area contributed by atoms with Gasteiger partial charge in [0.15, 0.2) is 9.50 Å². The van der Waals surface area contributed by atoms with Crippen LogP contribution in [-0.2, 0) is 0 Å². The standard InChI is InChI=1S/C7H6N4S2/c8-5-1-2-9-6(11-5)13-7-10-3-4-12-7/h1-4H,(H2,8,9,11). The third kappa shape index (κ3) is 2.16. The summed E-state index contributed by atoms with van der Waals surface area (Å²) < 4.78 is 0.922. The third-order valence-corrected chi connectivity index (χ3v) is 3.01. The summed E-state index contributed by atoms with van der Waals surface area (Å²) in [5.41, 5.74) is 5.51. The summed E-state index contributed by atoms with van der Waals surface area (Å²) in [7, 11) is 0. The fourth-order valence-electron chi connectivity index (χ4n) is 0.742. The van der Waals surface area contributed by atoms with Crippen LogP contribution in [0.1, 0.15) is 0 Å². The Balaban J connectivity index is 2.19. The molecule has 2 aromatic rings.